The van der Waals surface area contributed by atoms with Gasteiger partial charge in [0.2, 0.25) is 21.8 Å². The van der Waals surface area contributed by atoms with E-state index in [9.17, 15) is 32.7 Å². The molecular weight excluding hydrogens is 682 g/mol. The summed E-state index contributed by atoms with van der Waals surface area (Å²) in [6.07, 6.45) is 2.42. The fourth-order valence-corrected chi connectivity index (χ4v) is 7.26. The number of benzene rings is 1. The molecule has 2 aromatic rings. The van der Waals surface area contributed by atoms with Crippen molar-refractivity contribution < 1.29 is 37.4 Å². The van der Waals surface area contributed by atoms with Gasteiger partial charge in [0.1, 0.15) is 17.5 Å². The van der Waals surface area contributed by atoms with Crippen LogP contribution in [0.4, 0.5) is 10.6 Å². The molecule has 1 saturated heterocycles. The lowest BCUT2D eigenvalue weighted by Crippen LogP contribution is -2.59. The Labute approximate surface area is 277 Å². The van der Waals surface area contributed by atoms with Crippen LogP contribution in [0.15, 0.2) is 45.8 Å². The van der Waals surface area contributed by atoms with E-state index in [-0.39, 0.29) is 36.9 Å². The number of anilines is 1. The second-order valence-corrected chi connectivity index (χ2v) is 15.3. The molecule has 1 aromatic heterocycles. The van der Waals surface area contributed by atoms with E-state index in [1.165, 1.54) is 21.3 Å². The standard InChI is InChI=1S/C31H40BrN5O8S/c1-31(2,3)45-29(40)25(35-28(39)21-18-36(19-21)46(43,44)24-11-6-9-22(32)16-24)17-33-26(38)12-5-4-10-23-14-13-20-8-7-15-37(30(41)42)27(20)34-23/h6,9,11,13-14,16,21,25H,4-5,7-8,10,12,15,17-19H2,1-3H3,(H,33,38)(H,35,39)(H,41,42)/t25-/m0/s1. The van der Waals surface area contributed by atoms with Gasteiger partial charge in [0, 0.05) is 42.8 Å². The third-order valence-corrected chi connectivity index (χ3v) is 9.90. The van der Waals surface area contributed by atoms with Crippen molar-refractivity contribution in [3.8, 4) is 0 Å². The maximum absolute atomic E-state index is 13.0. The predicted molar refractivity (Wildman–Crippen MR) is 173 cm³/mol. The number of nitrogens with one attached hydrogen (secondary N) is 2. The smallest absolute Gasteiger partial charge is 0.413 e. The molecule has 0 bridgehead atoms. The van der Waals surface area contributed by atoms with Gasteiger partial charge in [0.25, 0.3) is 0 Å². The molecule has 0 spiro atoms. The average molecular weight is 723 g/mol. The number of hydrogen-bond acceptors (Lipinski definition) is 8. The van der Waals surface area contributed by atoms with Gasteiger partial charge < -0.3 is 20.5 Å². The van der Waals surface area contributed by atoms with Crippen molar-refractivity contribution in [1.82, 2.24) is 19.9 Å². The summed E-state index contributed by atoms with van der Waals surface area (Å²) in [6.45, 7) is 5.21. The highest BCUT2D eigenvalue weighted by Gasteiger charge is 2.42. The van der Waals surface area contributed by atoms with E-state index in [4.69, 9.17) is 4.74 Å². The van der Waals surface area contributed by atoms with Gasteiger partial charge in [-0.3, -0.25) is 14.5 Å². The molecule has 1 fully saturated rings. The van der Waals surface area contributed by atoms with Crippen molar-refractivity contribution in [2.45, 2.75) is 75.8 Å². The Hall–Kier alpha value is -3.56. The van der Waals surface area contributed by atoms with E-state index >= 15 is 0 Å². The molecule has 13 nitrogen and oxygen atoms in total. The lowest BCUT2D eigenvalue weighted by atomic mass is 10.0. The second kappa shape index (κ2) is 14.9. The van der Waals surface area contributed by atoms with E-state index in [2.05, 4.69) is 31.5 Å². The summed E-state index contributed by atoms with van der Waals surface area (Å²) in [4.78, 5) is 56.0. The Kier molecular flexibility index (Phi) is 11.4. The van der Waals surface area contributed by atoms with Crippen molar-refractivity contribution in [2.24, 2.45) is 5.92 Å². The number of aromatic nitrogens is 1. The number of carbonyl (C=O) groups excluding carboxylic acids is 3. The molecule has 46 heavy (non-hydrogen) atoms. The summed E-state index contributed by atoms with van der Waals surface area (Å²) in [5, 5.41) is 14.8. The van der Waals surface area contributed by atoms with Gasteiger partial charge in [-0.1, -0.05) is 28.1 Å². The molecule has 15 heteroatoms. The minimum atomic E-state index is -3.78. The van der Waals surface area contributed by atoms with E-state index in [1.54, 1.807) is 32.9 Å². The summed E-state index contributed by atoms with van der Waals surface area (Å²) in [5.74, 6) is -1.72. The number of nitrogens with zero attached hydrogens (tertiary/aromatic N) is 3. The fourth-order valence-electron chi connectivity index (χ4n) is 5.13. The average Bonchev–Trinajstić information content (AvgIpc) is 2.95. The van der Waals surface area contributed by atoms with Crippen LogP contribution in [0.1, 0.15) is 57.7 Å². The number of ether oxygens (including phenoxy) is 1. The maximum Gasteiger partial charge on any atom is 0.413 e. The number of carboxylic acid groups (broad SMARTS) is 1. The Balaban J connectivity index is 1.26. The zero-order valence-electron chi connectivity index (χ0n) is 26.1. The molecule has 2 aliphatic rings. The molecule has 1 atom stereocenters. The first-order chi connectivity index (χ1) is 21.6. The van der Waals surface area contributed by atoms with Gasteiger partial charge in [-0.05, 0) is 82.7 Å². The largest absolute Gasteiger partial charge is 0.465 e. The van der Waals surface area contributed by atoms with Crippen molar-refractivity contribution in [3.05, 3.63) is 52.1 Å². The maximum atomic E-state index is 13.0. The highest BCUT2D eigenvalue weighted by molar-refractivity contribution is 9.10. The predicted octanol–water partition coefficient (Wildman–Crippen LogP) is 3.25. The number of halogens is 1. The number of unbranched alkanes of at least 4 members (excludes halogenated alkanes) is 1. The Morgan fingerprint density at radius 3 is 2.54 bits per heavy atom. The lowest BCUT2D eigenvalue weighted by Gasteiger charge is -2.37. The topological polar surface area (TPSA) is 175 Å². The van der Waals surface area contributed by atoms with Crippen LogP contribution >= 0.6 is 15.9 Å². The first-order valence-electron chi connectivity index (χ1n) is 15.2. The van der Waals surface area contributed by atoms with Gasteiger partial charge >= 0.3 is 12.1 Å². The second-order valence-electron chi connectivity index (χ2n) is 12.4. The molecule has 250 valence electrons. The number of aryl methyl sites for hydroxylation is 2. The first kappa shape index (κ1) is 35.3. The molecule has 1 aromatic carbocycles. The number of hydrogen-bond donors (Lipinski definition) is 3. The highest BCUT2D eigenvalue weighted by atomic mass is 79.9. The van der Waals surface area contributed by atoms with E-state index in [1.807, 2.05) is 12.1 Å². The van der Waals surface area contributed by atoms with Crippen LogP contribution in [0.2, 0.25) is 0 Å². The van der Waals surface area contributed by atoms with Crippen molar-refractivity contribution in [3.63, 3.8) is 0 Å². The van der Waals surface area contributed by atoms with Crippen LogP contribution in [0.3, 0.4) is 0 Å². The normalized spacial score (nSPS) is 16.1. The fraction of sp³-hybridized carbons (Fsp3) is 0.516. The molecule has 0 radical (unpaired) electrons. The third kappa shape index (κ3) is 9.26. The molecular formula is C31H40BrN5O8S. The minimum Gasteiger partial charge on any atom is -0.465 e. The van der Waals surface area contributed by atoms with Crippen LogP contribution in [0, 0.1) is 5.92 Å². The van der Waals surface area contributed by atoms with Crippen LogP contribution in [0.25, 0.3) is 0 Å². The van der Waals surface area contributed by atoms with E-state index in [0.717, 1.165) is 24.1 Å². The summed E-state index contributed by atoms with van der Waals surface area (Å²) < 4.78 is 33.1. The highest BCUT2D eigenvalue weighted by Crippen LogP contribution is 2.28. The van der Waals surface area contributed by atoms with E-state index < -0.39 is 45.6 Å². The SMILES string of the molecule is CC(C)(C)OC(=O)[C@H](CNC(=O)CCCCc1ccc2c(n1)N(C(=O)O)CCC2)NC(=O)C1CN(S(=O)(=O)c2cccc(Br)c2)C1. The van der Waals surface area contributed by atoms with Gasteiger partial charge in [0.15, 0.2) is 0 Å². The zero-order valence-corrected chi connectivity index (χ0v) is 28.5. The molecule has 3 heterocycles. The number of amides is 3. The number of fused-ring (bicyclic) bond motifs is 1. The minimum absolute atomic E-state index is 0.0402. The van der Waals surface area contributed by atoms with Crippen molar-refractivity contribution >= 4 is 55.6 Å². The molecule has 0 saturated carbocycles. The van der Waals surface area contributed by atoms with Crippen LogP contribution in [-0.4, -0.2) is 84.5 Å². The zero-order chi connectivity index (χ0) is 33.6. The molecule has 0 aliphatic carbocycles. The Bertz CT molecular complexity index is 1570. The van der Waals surface area contributed by atoms with Crippen LogP contribution in [0.5, 0.6) is 0 Å². The Morgan fingerprint density at radius 2 is 1.87 bits per heavy atom. The Morgan fingerprint density at radius 1 is 1.13 bits per heavy atom. The number of pyridine rings is 1. The quantitative estimate of drug-likeness (QED) is 0.220. The van der Waals surface area contributed by atoms with Gasteiger partial charge in [-0.2, -0.15) is 4.31 Å². The number of rotatable bonds is 12. The summed E-state index contributed by atoms with van der Waals surface area (Å²) in [6, 6.07) is 8.93. The lowest BCUT2D eigenvalue weighted by molar-refractivity contribution is -0.159. The third-order valence-electron chi connectivity index (χ3n) is 7.58. The number of esters is 1. The van der Waals surface area contributed by atoms with Crippen LogP contribution in [-0.2, 0) is 42.0 Å². The number of sulfonamides is 1. The molecule has 3 N–H and O–H groups in total. The first-order valence-corrected chi connectivity index (χ1v) is 17.4. The molecule has 0 unspecified atom stereocenters. The molecule has 4 rings (SSSR count). The van der Waals surface area contributed by atoms with Gasteiger partial charge in [0.05, 0.1) is 10.8 Å². The summed E-state index contributed by atoms with van der Waals surface area (Å²) in [7, 11) is -3.78. The van der Waals surface area contributed by atoms with Crippen LogP contribution < -0.4 is 15.5 Å². The molecule has 2 aliphatic heterocycles. The van der Waals surface area contributed by atoms with Crippen molar-refractivity contribution in [1.29, 1.82) is 0 Å². The van der Waals surface area contributed by atoms with Crippen molar-refractivity contribution in [2.75, 3.05) is 31.1 Å². The van der Waals surface area contributed by atoms with E-state index in [0.29, 0.717) is 36.1 Å². The number of carbonyl (C=O) groups is 4. The summed E-state index contributed by atoms with van der Waals surface area (Å²) >= 11 is 3.27. The monoisotopic (exact) mass is 721 g/mol. The van der Waals surface area contributed by atoms with Gasteiger partial charge in [-0.25, -0.2) is 23.0 Å². The van der Waals surface area contributed by atoms with Gasteiger partial charge in [-0.15, -0.1) is 0 Å². The molecule has 3 amide bonds. The summed E-state index contributed by atoms with van der Waals surface area (Å²) in [5.41, 5.74) is 0.823.